The molecule has 0 N–H and O–H groups in total. The Kier molecular flexibility index (Phi) is 1.56. The molecule has 4 rings (SSSR count). The van der Waals surface area contributed by atoms with Crippen LogP contribution in [0, 0.1) is 17.3 Å². The lowest BCUT2D eigenvalue weighted by atomic mass is 9.63. The van der Waals surface area contributed by atoms with Gasteiger partial charge in [0.15, 0.2) is 0 Å². The lowest BCUT2D eigenvalue weighted by Crippen LogP contribution is -2.62. The molecule has 1 amide bonds. The predicted molar refractivity (Wildman–Crippen MR) is 58.8 cm³/mol. The second-order valence-electron chi connectivity index (χ2n) is 6.32. The zero-order valence-electron chi connectivity index (χ0n) is 9.87. The Morgan fingerprint density at radius 2 is 2.25 bits per heavy atom. The number of nitrogens with zero attached hydrogens (tertiary/aromatic N) is 1. The third kappa shape index (κ3) is 0.816. The molecule has 16 heavy (non-hydrogen) atoms. The van der Waals surface area contributed by atoms with E-state index >= 15 is 0 Å². The summed E-state index contributed by atoms with van der Waals surface area (Å²) in [4.78, 5) is 14.4. The van der Waals surface area contributed by atoms with E-state index in [0.717, 1.165) is 38.5 Å². The smallest absolute Gasteiger partial charge is 0.223 e. The number of rotatable bonds is 0. The summed E-state index contributed by atoms with van der Waals surface area (Å²) in [5, 5.41) is 0. The Balaban J connectivity index is 1.81. The lowest BCUT2D eigenvalue weighted by molar-refractivity contribution is -0.164. The Hall–Kier alpha value is -0.570. The summed E-state index contributed by atoms with van der Waals surface area (Å²) in [6.45, 7) is 5.11. The largest absolute Gasteiger partial charge is 0.381 e. The second-order valence-corrected chi connectivity index (χ2v) is 6.32. The lowest BCUT2D eigenvalue weighted by Gasteiger charge is -2.54. The molecular formula is C13H19NO2. The number of hydrogen-bond acceptors (Lipinski definition) is 2. The van der Waals surface area contributed by atoms with Gasteiger partial charge in [-0.15, -0.1) is 0 Å². The van der Waals surface area contributed by atoms with Crippen molar-refractivity contribution in [3.63, 3.8) is 0 Å². The van der Waals surface area contributed by atoms with Gasteiger partial charge in [0.25, 0.3) is 0 Å². The van der Waals surface area contributed by atoms with Crippen LogP contribution < -0.4 is 0 Å². The van der Waals surface area contributed by atoms with Crippen LogP contribution in [0.2, 0.25) is 0 Å². The Labute approximate surface area is 96.1 Å². The van der Waals surface area contributed by atoms with Crippen LogP contribution in [-0.2, 0) is 9.53 Å². The molecule has 0 bridgehead atoms. The second kappa shape index (κ2) is 2.63. The Morgan fingerprint density at radius 1 is 1.38 bits per heavy atom. The third-order valence-corrected chi connectivity index (χ3v) is 5.88. The maximum Gasteiger partial charge on any atom is 0.223 e. The summed E-state index contributed by atoms with van der Waals surface area (Å²) >= 11 is 0. The highest BCUT2D eigenvalue weighted by atomic mass is 16.5. The number of piperidine rings is 2. The zero-order chi connectivity index (χ0) is 11.0. The number of fused-ring (bicyclic) bond motifs is 1. The minimum atomic E-state index is 0.216. The summed E-state index contributed by atoms with van der Waals surface area (Å²) in [5.74, 6) is 1.78. The van der Waals surface area contributed by atoms with Gasteiger partial charge in [0.2, 0.25) is 5.91 Å². The number of carbonyl (C=O) groups excluding carboxylic acids is 1. The maximum atomic E-state index is 12.2. The van der Waals surface area contributed by atoms with Crippen LogP contribution in [0.15, 0.2) is 0 Å². The predicted octanol–water partition coefficient (Wildman–Crippen LogP) is 1.42. The first-order chi connectivity index (χ1) is 7.68. The van der Waals surface area contributed by atoms with Gasteiger partial charge >= 0.3 is 0 Å². The van der Waals surface area contributed by atoms with Crippen molar-refractivity contribution in [1.82, 2.24) is 4.90 Å². The number of carbonyl (C=O) groups is 1. The Bertz CT molecular complexity index is 369. The van der Waals surface area contributed by atoms with E-state index in [0.29, 0.717) is 11.8 Å². The van der Waals surface area contributed by atoms with Gasteiger partial charge in [-0.25, -0.2) is 0 Å². The highest BCUT2D eigenvalue weighted by Crippen LogP contribution is 2.69. The summed E-state index contributed by atoms with van der Waals surface area (Å²) in [5.41, 5.74) is 0.466. The van der Waals surface area contributed by atoms with Gasteiger partial charge in [-0.2, -0.15) is 0 Å². The molecule has 0 aromatic heterocycles. The van der Waals surface area contributed by atoms with Crippen LogP contribution in [0.25, 0.3) is 0 Å². The van der Waals surface area contributed by atoms with Gasteiger partial charge in [0.1, 0.15) is 0 Å². The number of amides is 1. The van der Waals surface area contributed by atoms with Crippen LogP contribution in [0.5, 0.6) is 0 Å². The molecule has 0 aromatic rings. The average Bonchev–Trinajstić information content (AvgIpc) is 2.88. The first-order valence-corrected chi connectivity index (χ1v) is 6.57. The van der Waals surface area contributed by atoms with Crippen molar-refractivity contribution in [3.05, 3.63) is 0 Å². The fourth-order valence-corrected chi connectivity index (χ4v) is 4.90. The minimum Gasteiger partial charge on any atom is -0.381 e. The van der Waals surface area contributed by atoms with E-state index in [2.05, 4.69) is 11.8 Å². The molecule has 3 aliphatic heterocycles. The normalized spacial score (nSPS) is 54.3. The van der Waals surface area contributed by atoms with Gasteiger partial charge in [0, 0.05) is 25.0 Å². The van der Waals surface area contributed by atoms with Crippen LogP contribution >= 0.6 is 0 Å². The molecule has 3 heterocycles. The molecule has 1 spiro atoms. The molecular weight excluding hydrogens is 202 g/mol. The van der Waals surface area contributed by atoms with Crippen LogP contribution in [0.4, 0.5) is 0 Å². The van der Waals surface area contributed by atoms with Gasteiger partial charge in [-0.1, -0.05) is 6.92 Å². The molecule has 1 saturated carbocycles. The molecule has 3 saturated heterocycles. The van der Waals surface area contributed by atoms with Crippen LogP contribution in [0.1, 0.15) is 32.6 Å². The third-order valence-electron chi connectivity index (χ3n) is 5.88. The summed E-state index contributed by atoms with van der Waals surface area (Å²) < 4.78 is 5.74. The average molecular weight is 221 g/mol. The molecule has 4 fully saturated rings. The minimum absolute atomic E-state index is 0.216. The van der Waals surface area contributed by atoms with E-state index in [1.54, 1.807) is 0 Å². The van der Waals surface area contributed by atoms with E-state index < -0.39 is 0 Å². The molecule has 1 aliphatic carbocycles. The van der Waals surface area contributed by atoms with Gasteiger partial charge < -0.3 is 9.64 Å². The summed E-state index contributed by atoms with van der Waals surface area (Å²) in [7, 11) is 0. The van der Waals surface area contributed by atoms with E-state index in [-0.39, 0.29) is 11.0 Å². The first-order valence-electron chi connectivity index (χ1n) is 6.57. The number of ether oxygens (including phenoxy) is 1. The highest BCUT2D eigenvalue weighted by molar-refractivity contribution is 5.80. The fourth-order valence-electron chi connectivity index (χ4n) is 4.90. The van der Waals surface area contributed by atoms with E-state index in [1.807, 2.05) is 0 Å². The Morgan fingerprint density at radius 3 is 3.06 bits per heavy atom. The quantitative estimate of drug-likeness (QED) is 0.619. The molecule has 3 unspecified atom stereocenters. The summed E-state index contributed by atoms with van der Waals surface area (Å²) in [6.07, 6.45) is 4.34. The molecule has 88 valence electrons. The number of hydrogen-bond donors (Lipinski definition) is 0. The van der Waals surface area contributed by atoms with Gasteiger partial charge in [-0.05, 0) is 31.1 Å². The van der Waals surface area contributed by atoms with Crippen molar-refractivity contribution in [1.29, 1.82) is 0 Å². The van der Waals surface area contributed by atoms with Gasteiger partial charge in [-0.3, -0.25) is 4.79 Å². The standard InChI is InChI=1S/C13H19NO2/c1-12-8-16-5-3-9(12)6-11(15)14-4-2-10-7-13(10,12)14/h9-10H,2-8H2,1H3/t9?,10?,12?,13-/m1/s1. The molecule has 0 radical (unpaired) electrons. The van der Waals surface area contributed by atoms with Crippen molar-refractivity contribution in [2.75, 3.05) is 19.8 Å². The first kappa shape index (κ1) is 9.46. The van der Waals surface area contributed by atoms with E-state index in [1.165, 1.54) is 12.8 Å². The SMILES string of the molecule is CC12COCCC1CC(=O)N1CCC3C[C@]312. The maximum absolute atomic E-state index is 12.2. The molecule has 4 atom stereocenters. The van der Waals surface area contributed by atoms with Crippen LogP contribution in [-0.4, -0.2) is 36.1 Å². The fraction of sp³-hybridized carbons (Fsp3) is 0.923. The molecule has 3 nitrogen and oxygen atoms in total. The van der Waals surface area contributed by atoms with Crippen molar-refractivity contribution < 1.29 is 9.53 Å². The van der Waals surface area contributed by atoms with Gasteiger partial charge in [0.05, 0.1) is 12.1 Å². The summed E-state index contributed by atoms with van der Waals surface area (Å²) in [6, 6.07) is 0. The highest BCUT2D eigenvalue weighted by Gasteiger charge is 2.75. The molecule has 3 heteroatoms. The molecule has 0 aromatic carbocycles. The van der Waals surface area contributed by atoms with Crippen molar-refractivity contribution >= 4 is 5.91 Å². The monoisotopic (exact) mass is 221 g/mol. The zero-order valence-corrected chi connectivity index (χ0v) is 9.87. The van der Waals surface area contributed by atoms with Crippen molar-refractivity contribution in [2.45, 2.75) is 38.1 Å². The van der Waals surface area contributed by atoms with E-state index in [4.69, 9.17) is 4.74 Å². The van der Waals surface area contributed by atoms with E-state index in [9.17, 15) is 4.79 Å². The van der Waals surface area contributed by atoms with Crippen molar-refractivity contribution in [2.24, 2.45) is 17.3 Å². The van der Waals surface area contributed by atoms with Crippen molar-refractivity contribution in [3.8, 4) is 0 Å². The molecule has 4 aliphatic rings. The topological polar surface area (TPSA) is 29.5 Å². The van der Waals surface area contributed by atoms with Crippen LogP contribution in [0.3, 0.4) is 0 Å².